The average molecular weight is 319 g/mol. The molecule has 0 amide bonds. The molecule has 0 aromatic heterocycles. The molecular weight excluding hydrogens is 284 g/mol. The van der Waals surface area contributed by atoms with Crippen molar-refractivity contribution in [2.24, 2.45) is 11.8 Å². The lowest BCUT2D eigenvalue weighted by Gasteiger charge is -2.33. The smallest absolute Gasteiger partial charge is 0.0681 e. The molecule has 0 saturated carbocycles. The Morgan fingerprint density at radius 3 is 2.61 bits per heavy atom. The number of hydrogen-bond donors (Lipinski definition) is 2. The molecule has 0 radical (unpaired) electrons. The van der Waals surface area contributed by atoms with Gasteiger partial charge in [-0.25, -0.2) is 0 Å². The normalized spacial score (nSPS) is 18.5. The number of piperidine rings is 1. The molecule has 1 atom stereocenters. The van der Waals surface area contributed by atoms with Crippen molar-refractivity contribution in [3.05, 3.63) is 35.4 Å². The van der Waals surface area contributed by atoms with Crippen molar-refractivity contribution >= 4 is 0 Å². The number of aliphatic hydroxyl groups is 1. The molecule has 2 N–H and O–H groups in total. The molecule has 0 aliphatic carbocycles. The zero-order chi connectivity index (χ0) is 16.7. The van der Waals surface area contributed by atoms with Crippen LogP contribution in [0.2, 0.25) is 0 Å². The maximum absolute atomic E-state index is 9.26. The molecule has 2 rings (SSSR count). The molecule has 23 heavy (non-hydrogen) atoms. The molecule has 1 heterocycles. The van der Waals surface area contributed by atoms with Crippen LogP contribution in [-0.2, 0) is 6.61 Å². The molecule has 1 aliphatic heterocycles. The number of likely N-dealkylation sites (tertiary alicyclic amines) is 1. The van der Waals surface area contributed by atoms with Gasteiger partial charge >= 0.3 is 0 Å². The molecular formula is C20H34N2O. The van der Waals surface area contributed by atoms with Gasteiger partial charge in [-0.2, -0.15) is 0 Å². The summed E-state index contributed by atoms with van der Waals surface area (Å²) in [4.78, 5) is 2.63. The summed E-state index contributed by atoms with van der Waals surface area (Å²) in [7, 11) is 0. The van der Waals surface area contributed by atoms with Crippen molar-refractivity contribution in [3.63, 3.8) is 0 Å². The summed E-state index contributed by atoms with van der Waals surface area (Å²) in [5.41, 5.74) is 2.26. The maximum Gasteiger partial charge on any atom is 0.0681 e. The first-order valence-electron chi connectivity index (χ1n) is 9.24. The second kappa shape index (κ2) is 9.41. The van der Waals surface area contributed by atoms with Gasteiger partial charge in [0.25, 0.3) is 0 Å². The molecule has 1 aromatic rings. The van der Waals surface area contributed by atoms with Crippen LogP contribution in [0.4, 0.5) is 0 Å². The summed E-state index contributed by atoms with van der Waals surface area (Å²) in [6, 6.07) is 8.60. The third kappa shape index (κ3) is 6.25. The minimum Gasteiger partial charge on any atom is -0.392 e. The number of hydrogen-bond acceptors (Lipinski definition) is 3. The fraction of sp³-hybridized carbons (Fsp3) is 0.700. The van der Waals surface area contributed by atoms with Crippen LogP contribution in [0.25, 0.3) is 0 Å². The zero-order valence-electron chi connectivity index (χ0n) is 15.1. The molecule has 1 aromatic carbocycles. The van der Waals surface area contributed by atoms with E-state index in [1.54, 1.807) is 0 Å². The number of nitrogens with one attached hydrogen (secondary N) is 1. The molecule has 0 spiro atoms. The van der Waals surface area contributed by atoms with E-state index in [-0.39, 0.29) is 6.61 Å². The Balaban J connectivity index is 1.70. The summed E-state index contributed by atoms with van der Waals surface area (Å²) in [6.07, 6.45) is 3.95. The monoisotopic (exact) mass is 318 g/mol. The molecule has 130 valence electrons. The highest BCUT2D eigenvalue weighted by Crippen LogP contribution is 2.20. The Morgan fingerprint density at radius 1 is 1.22 bits per heavy atom. The van der Waals surface area contributed by atoms with Gasteiger partial charge in [0, 0.05) is 6.04 Å². The summed E-state index contributed by atoms with van der Waals surface area (Å²) in [5.74, 6) is 1.61. The summed E-state index contributed by atoms with van der Waals surface area (Å²) >= 11 is 0. The van der Waals surface area contributed by atoms with Gasteiger partial charge in [-0.05, 0) is 75.3 Å². The van der Waals surface area contributed by atoms with E-state index in [0.29, 0.717) is 6.04 Å². The van der Waals surface area contributed by atoms with Crippen molar-refractivity contribution in [2.45, 2.75) is 52.7 Å². The van der Waals surface area contributed by atoms with Crippen LogP contribution in [0.1, 0.15) is 57.2 Å². The van der Waals surface area contributed by atoms with Gasteiger partial charge in [0.1, 0.15) is 0 Å². The fourth-order valence-electron chi connectivity index (χ4n) is 3.28. The van der Waals surface area contributed by atoms with E-state index >= 15 is 0 Å². The standard InChI is InChI=1S/C20H34N2O/c1-16(2)7-10-22-11-8-18(9-12-22)14-21-17(3)20-6-4-5-19(13-20)15-23/h4-6,13,16-18,21,23H,7-12,14-15H2,1-3H3. The lowest BCUT2D eigenvalue weighted by molar-refractivity contribution is 0.173. The van der Waals surface area contributed by atoms with E-state index in [1.807, 2.05) is 12.1 Å². The third-order valence-electron chi connectivity index (χ3n) is 5.08. The predicted molar refractivity (Wildman–Crippen MR) is 97.4 cm³/mol. The van der Waals surface area contributed by atoms with Crippen LogP contribution in [0, 0.1) is 11.8 Å². The van der Waals surface area contributed by atoms with E-state index < -0.39 is 0 Å². The summed E-state index contributed by atoms with van der Waals surface area (Å²) in [6.45, 7) is 11.8. The molecule has 1 unspecified atom stereocenters. The Kier molecular flexibility index (Phi) is 7.54. The van der Waals surface area contributed by atoms with Crippen molar-refractivity contribution in [1.29, 1.82) is 0 Å². The van der Waals surface area contributed by atoms with Crippen molar-refractivity contribution < 1.29 is 5.11 Å². The van der Waals surface area contributed by atoms with Crippen LogP contribution in [0.5, 0.6) is 0 Å². The second-order valence-corrected chi connectivity index (χ2v) is 7.50. The minimum atomic E-state index is 0.120. The maximum atomic E-state index is 9.26. The van der Waals surface area contributed by atoms with Gasteiger partial charge in [0.15, 0.2) is 0 Å². The number of aliphatic hydroxyl groups excluding tert-OH is 1. The number of benzene rings is 1. The van der Waals surface area contributed by atoms with E-state index in [1.165, 1.54) is 44.5 Å². The topological polar surface area (TPSA) is 35.5 Å². The van der Waals surface area contributed by atoms with Gasteiger partial charge in [-0.3, -0.25) is 0 Å². The lowest BCUT2D eigenvalue weighted by Crippen LogP contribution is -2.38. The summed E-state index contributed by atoms with van der Waals surface area (Å²) in [5, 5.41) is 12.9. The van der Waals surface area contributed by atoms with Crippen LogP contribution in [-0.4, -0.2) is 36.2 Å². The van der Waals surface area contributed by atoms with Gasteiger partial charge in [0.2, 0.25) is 0 Å². The highest BCUT2D eigenvalue weighted by atomic mass is 16.3. The van der Waals surface area contributed by atoms with Crippen molar-refractivity contribution in [1.82, 2.24) is 10.2 Å². The third-order valence-corrected chi connectivity index (χ3v) is 5.08. The largest absolute Gasteiger partial charge is 0.392 e. The molecule has 1 aliphatic rings. The van der Waals surface area contributed by atoms with Gasteiger partial charge in [-0.15, -0.1) is 0 Å². The van der Waals surface area contributed by atoms with Crippen LogP contribution < -0.4 is 5.32 Å². The van der Waals surface area contributed by atoms with Gasteiger partial charge in [0.05, 0.1) is 6.61 Å². The molecule has 3 nitrogen and oxygen atoms in total. The first-order valence-corrected chi connectivity index (χ1v) is 9.24. The van der Waals surface area contributed by atoms with E-state index in [9.17, 15) is 5.11 Å². The molecule has 1 fully saturated rings. The van der Waals surface area contributed by atoms with E-state index in [2.05, 4.69) is 43.1 Å². The van der Waals surface area contributed by atoms with Gasteiger partial charge < -0.3 is 15.3 Å². The van der Waals surface area contributed by atoms with Crippen LogP contribution in [0.3, 0.4) is 0 Å². The molecule has 1 saturated heterocycles. The number of nitrogens with zero attached hydrogens (tertiary/aromatic N) is 1. The Hall–Kier alpha value is -0.900. The average Bonchev–Trinajstić information content (AvgIpc) is 2.58. The summed E-state index contributed by atoms with van der Waals surface area (Å²) < 4.78 is 0. The zero-order valence-corrected chi connectivity index (χ0v) is 15.1. The minimum absolute atomic E-state index is 0.120. The van der Waals surface area contributed by atoms with Crippen LogP contribution >= 0.6 is 0 Å². The van der Waals surface area contributed by atoms with Crippen molar-refractivity contribution in [2.75, 3.05) is 26.2 Å². The highest BCUT2D eigenvalue weighted by Gasteiger charge is 2.19. The van der Waals surface area contributed by atoms with Crippen molar-refractivity contribution in [3.8, 4) is 0 Å². The second-order valence-electron chi connectivity index (χ2n) is 7.50. The van der Waals surface area contributed by atoms with Gasteiger partial charge in [-0.1, -0.05) is 38.1 Å². The van der Waals surface area contributed by atoms with Crippen LogP contribution in [0.15, 0.2) is 24.3 Å². The van der Waals surface area contributed by atoms with E-state index in [0.717, 1.165) is 23.9 Å². The quantitative estimate of drug-likeness (QED) is 0.769. The Labute approximate surface area is 142 Å². The first kappa shape index (κ1) is 18.4. The van der Waals surface area contributed by atoms with E-state index in [4.69, 9.17) is 0 Å². The SMILES string of the molecule is CC(C)CCN1CCC(CNC(C)c2cccc(CO)c2)CC1. The lowest BCUT2D eigenvalue weighted by atomic mass is 9.95. The number of rotatable bonds is 8. The highest BCUT2D eigenvalue weighted by molar-refractivity contribution is 5.25. The Bertz CT molecular complexity index is 453. The molecule has 3 heteroatoms. The predicted octanol–water partition coefficient (Wildman–Crippen LogP) is 3.59. The fourth-order valence-corrected chi connectivity index (χ4v) is 3.28. The first-order chi connectivity index (χ1) is 11.1. The Morgan fingerprint density at radius 2 is 1.96 bits per heavy atom. The molecule has 0 bridgehead atoms.